The third kappa shape index (κ3) is 20.6. The molecule has 0 radical (unpaired) electrons. The number of amides is 12. The van der Waals surface area contributed by atoms with E-state index in [2.05, 4.69) is 47.2 Å². The third-order valence-corrected chi connectivity index (χ3v) is 18.1. The van der Waals surface area contributed by atoms with Gasteiger partial charge in [0.25, 0.3) is 41.1 Å². The van der Waals surface area contributed by atoms with Crippen LogP contribution in [0.15, 0.2) is 59.7 Å². The predicted molar refractivity (Wildman–Crippen MR) is 343 cm³/mol. The quantitative estimate of drug-likeness (QED) is 0.00916. The van der Waals surface area contributed by atoms with Crippen molar-refractivity contribution in [1.29, 1.82) is 0 Å². The van der Waals surface area contributed by atoms with Crippen molar-refractivity contribution in [2.24, 2.45) is 10.9 Å². The molecule has 538 valence electrons. The lowest BCUT2D eigenvalue weighted by Gasteiger charge is -2.29. The first kappa shape index (κ1) is 75.3. The van der Waals surface area contributed by atoms with Crippen molar-refractivity contribution in [3.8, 4) is 11.5 Å². The number of carbonyl (C=O) groups is 16. The average molecular weight is 1430 g/mol. The summed E-state index contributed by atoms with van der Waals surface area (Å²) in [6, 6.07) is 4.22. The Labute approximate surface area is 577 Å². The maximum absolute atomic E-state index is 14.4. The summed E-state index contributed by atoms with van der Waals surface area (Å²) in [5.74, 6) is -16.3. The number of rotatable bonds is 35. The number of ketones is 1. The molecule has 5 aliphatic rings. The van der Waals surface area contributed by atoms with Crippen LogP contribution < -0.4 is 46.7 Å². The number of carboxylic acid groups (broad SMARTS) is 2. The Balaban J connectivity index is 0.885. The first-order valence-corrected chi connectivity index (χ1v) is 32.8. The number of imide groups is 2. The number of carbonyl (C=O) groups excluding carboxylic acids is 14. The number of aliphatic carboxylic acids is 2. The smallest absolute Gasteiger partial charge is 0.363 e. The normalized spacial score (nSPS) is 18.9. The number of nitrogens with one attached hydrogen (secondary N) is 7. The van der Waals surface area contributed by atoms with Crippen molar-refractivity contribution in [2.45, 2.75) is 138 Å². The maximum Gasteiger partial charge on any atom is 0.363 e. The number of hydroxylamine groups is 4. The molecular formula is C63H71N13O24S. The van der Waals surface area contributed by atoms with Crippen LogP contribution in [0.25, 0.3) is 0 Å². The van der Waals surface area contributed by atoms with Crippen LogP contribution >= 0.6 is 11.8 Å². The number of benzene rings is 2. The van der Waals surface area contributed by atoms with Crippen LogP contribution in [0.1, 0.15) is 134 Å². The summed E-state index contributed by atoms with van der Waals surface area (Å²) in [7, 11) is 1.13. The number of methoxy groups -OCH3 is 1. The molecule has 5 fully saturated rings. The number of likely N-dealkylation sites (tertiary alicyclic amines) is 1. The van der Waals surface area contributed by atoms with Gasteiger partial charge < -0.3 is 71.5 Å². The Morgan fingerprint density at radius 3 is 2.11 bits per heavy atom. The fourth-order valence-electron chi connectivity index (χ4n) is 11.4. The fourth-order valence-corrected chi connectivity index (χ4v) is 13.0. The standard InChI is InChI=1S/C63H71N13O24S/c1-32(38-22-45(97-2)46(24-43(38)76(95)96)98-30-49(79)69-40(60(91)67-29-55(86)87)28-66-48(78)8-4-3-7-47-57-41(31-101-47)71-63(94)72-57)68-59(90)36(21-56(88)99-74-50(80)15-16-51(74)81)20-44(77)42-6-5-19-73(42)61(92)39(23-54(84)85)70-58(89)35-13-14-37(65-26-35)27-64-25-33-9-11-34(12-10-33)62(93)100-75-52(82)17-18-53(75)83/h9-14,22,24-26,32,36,39-42,47,57H,3-8,15-21,23,27-31H2,1-2H3,(H,66,78)(H,67,91)(H,68,90)(H,69,79)(H,70,89)(H,84,85)(H,86,87)(H2,71,72,94). The van der Waals surface area contributed by atoms with E-state index in [1.807, 2.05) is 0 Å². The molecule has 38 heteroatoms. The first-order valence-electron chi connectivity index (χ1n) is 31.8. The molecule has 8 unspecified atom stereocenters. The Kier molecular flexibility index (Phi) is 26.0. The topological polar surface area (TPSA) is 513 Å². The van der Waals surface area contributed by atoms with Gasteiger partial charge in [0.15, 0.2) is 23.9 Å². The highest BCUT2D eigenvalue weighted by Gasteiger charge is 2.44. The monoisotopic (exact) mass is 1430 g/mol. The number of unbranched alkanes of at least 4 members (excludes halogenated alkanes) is 1. The lowest BCUT2D eigenvalue weighted by atomic mass is 9.93. The molecule has 8 atom stereocenters. The summed E-state index contributed by atoms with van der Waals surface area (Å²) < 4.78 is 11.0. The van der Waals surface area contributed by atoms with E-state index < -0.39 is 174 Å². The van der Waals surface area contributed by atoms with Crippen molar-refractivity contribution in [3.63, 3.8) is 0 Å². The van der Waals surface area contributed by atoms with Crippen LogP contribution in [-0.4, -0.2) is 211 Å². The minimum Gasteiger partial charge on any atom is -0.493 e. The fraction of sp³-hybridized carbons (Fsp3) is 0.460. The lowest BCUT2D eigenvalue weighted by molar-refractivity contribution is -0.385. The van der Waals surface area contributed by atoms with Crippen LogP contribution in [0.2, 0.25) is 0 Å². The second-order valence-electron chi connectivity index (χ2n) is 23.8. The zero-order valence-corrected chi connectivity index (χ0v) is 55.1. The van der Waals surface area contributed by atoms with Gasteiger partial charge in [0.2, 0.25) is 23.6 Å². The highest BCUT2D eigenvalue weighted by atomic mass is 32.2. The minimum absolute atomic E-state index is 0.00347. The molecule has 5 aliphatic heterocycles. The van der Waals surface area contributed by atoms with E-state index in [-0.39, 0.29) is 109 Å². The summed E-state index contributed by atoms with van der Waals surface area (Å²) in [5, 5.41) is 50.2. The molecule has 8 rings (SSSR count). The van der Waals surface area contributed by atoms with Gasteiger partial charge >= 0.3 is 29.9 Å². The number of aliphatic imine (C=N–C) groups is 1. The Hall–Kier alpha value is -11.5. The second-order valence-corrected chi connectivity index (χ2v) is 25.0. The predicted octanol–water partition coefficient (Wildman–Crippen LogP) is -0.241. The van der Waals surface area contributed by atoms with Gasteiger partial charge in [0, 0.05) is 75.0 Å². The highest BCUT2D eigenvalue weighted by molar-refractivity contribution is 8.00. The van der Waals surface area contributed by atoms with Crippen molar-refractivity contribution < 1.29 is 111 Å². The van der Waals surface area contributed by atoms with Gasteiger partial charge in [-0.1, -0.05) is 18.6 Å². The van der Waals surface area contributed by atoms with Crippen LogP contribution in [0.3, 0.4) is 0 Å². The van der Waals surface area contributed by atoms with Crippen molar-refractivity contribution in [3.05, 3.63) is 92.8 Å². The van der Waals surface area contributed by atoms with Crippen LogP contribution in [-0.2, 0) is 78.5 Å². The van der Waals surface area contributed by atoms with E-state index in [1.165, 1.54) is 49.5 Å². The van der Waals surface area contributed by atoms with Gasteiger partial charge in [-0.05, 0) is 68.5 Å². The second kappa shape index (κ2) is 34.8. The number of Topliss-reactive ketones (excluding diaryl/α,β-unsaturated/α-hetero) is 1. The number of thioether (sulfide) groups is 1. The van der Waals surface area contributed by atoms with Crippen molar-refractivity contribution in [1.82, 2.24) is 57.2 Å². The molecule has 5 saturated heterocycles. The number of urea groups is 1. The molecule has 12 amide bonds. The SMILES string of the molecule is COc1cc(C(C)NC(=O)C(CC(=O)ON2C(=O)CCC2=O)CC(=O)C2CCCN2C(=O)C(CC(=O)O)NC(=O)c2ccc(CN=Cc3ccc(C(=O)ON4C(=O)CCC4=O)cc3)nc2)c([N+](=O)[O-])cc1OCC(=O)NC(CNC(=O)CCCCC1SCC2NC(=O)NC21)C(=O)NCC(=O)O. The summed E-state index contributed by atoms with van der Waals surface area (Å²) in [5.41, 5.74) is -0.152. The molecule has 3 aromatic rings. The van der Waals surface area contributed by atoms with E-state index in [0.717, 1.165) is 42.5 Å². The van der Waals surface area contributed by atoms with E-state index in [1.54, 1.807) is 11.8 Å². The van der Waals surface area contributed by atoms with Crippen LogP contribution in [0.5, 0.6) is 11.5 Å². The van der Waals surface area contributed by atoms with E-state index in [4.69, 9.17) is 19.1 Å². The molecule has 0 spiro atoms. The average Bonchev–Trinajstić information content (AvgIpc) is 1.81. The van der Waals surface area contributed by atoms with E-state index in [9.17, 15) is 97.0 Å². The number of nitro groups is 1. The number of carboxylic acids is 2. The molecule has 9 N–H and O–H groups in total. The van der Waals surface area contributed by atoms with Crippen LogP contribution in [0, 0.1) is 16.0 Å². The number of hydrogen-bond acceptors (Lipinski definition) is 25. The van der Waals surface area contributed by atoms with Gasteiger partial charge in [-0.3, -0.25) is 82.4 Å². The Morgan fingerprint density at radius 2 is 1.47 bits per heavy atom. The van der Waals surface area contributed by atoms with Crippen LogP contribution in [0.4, 0.5) is 10.5 Å². The van der Waals surface area contributed by atoms with E-state index in [0.29, 0.717) is 29.2 Å². The number of ether oxygens (including phenoxy) is 2. The van der Waals surface area contributed by atoms with Crippen molar-refractivity contribution >= 4 is 118 Å². The van der Waals surface area contributed by atoms with Gasteiger partial charge in [0.1, 0.15) is 18.6 Å². The molecule has 1 aromatic heterocycles. The maximum atomic E-state index is 14.4. The Morgan fingerprint density at radius 1 is 0.782 bits per heavy atom. The summed E-state index contributed by atoms with van der Waals surface area (Å²) in [4.78, 5) is 237. The number of fused-ring (bicyclic) bond motifs is 1. The number of hydrogen-bond donors (Lipinski definition) is 9. The zero-order chi connectivity index (χ0) is 73.2. The summed E-state index contributed by atoms with van der Waals surface area (Å²) >= 11 is 1.71. The van der Waals surface area contributed by atoms with Gasteiger partial charge in [-0.2, -0.15) is 11.8 Å². The highest BCUT2D eigenvalue weighted by Crippen LogP contribution is 2.38. The molecular weight excluding hydrogens is 1350 g/mol. The molecule has 0 bridgehead atoms. The first-order chi connectivity index (χ1) is 48.2. The molecule has 6 heterocycles. The number of nitrogens with zero attached hydrogens (tertiary/aromatic N) is 6. The van der Waals surface area contributed by atoms with Gasteiger partial charge in [0.05, 0.1) is 90.0 Å². The summed E-state index contributed by atoms with van der Waals surface area (Å²) in [6.07, 6.45) is 0.989. The van der Waals surface area contributed by atoms with Crippen molar-refractivity contribution in [2.75, 3.05) is 39.1 Å². The van der Waals surface area contributed by atoms with Gasteiger partial charge in [-0.15, -0.1) is 10.1 Å². The minimum atomic E-state index is -1.77. The lowest BCUT2D eigenvalue weighted by Crippen LogP contribution is -2.54. The number of pyridine rings is 1. The zero-order valence-electron chi connectivity index (χ0n) is 54.3. The Bertz CT molecular complexity index is 3780. The largest absolute Gasteiger partial charge is 0.493 e. The van der Waals surface area contributed by atoms with Gasteiger partial charge in [-0.25, -0.2) is 14.4 Å². The number of nitro benzene ring substituents is 1. The molecule has 0 aliphatic carbocycles. The molecule has 0 saturated carbocycles. The molecule has 37 nitrogen and oxygen atoms in total. The van der Waals surface area contributed by atoms with E-state index >= 15 is 0 Å². The third-order valence-electron chi connectivity index (χ3n) is 16.6. The number of aromatic nitrogens is 1. The molecule has 101 heavy (non-hydrogen) atoms. The molecule has 2 aromatic carbocycles. The summed E-state index contributed by atoms with van der Waals surface area (Å²) in [6.45, 7) is -1.15.